The Kier molecular flexibility index (Phi) is 4.10. The van der Waals surface area contributed by atoms with Crippen LogP contribution < -0.4 is 4.90 Å². The van der Waals surface area contributed by atoms with Crippen LogP contribution in [0.15, 0.2) is 5.38 Å². The molecule has 0 spiro atoms. The van der Waals surface area contributed by atoms with Crippen molar-refractivity contribution in [3.05, 3.63) is 20.7 Å². The second kappa shape index (κ2) is 5.84. The third-order valence-electron chi connectivity index (χ3n) is 3.98. The largest absolute Gasteiger partial charge is 0.391 e. The Morgan fingerprint density at radius 2 is 2.00 bits per heavy atom. The molecule has 0 unspecified atom stereocenters. The maximum atomic E-state index is 9.55. The van der Waals surface area contributed by atoms with Crippen molar-refractivity contribution in [1.82, 2.24) is 4.98 Å². The van der Waals surface area contributed by atoms with E-state index in [9.17, 15) is 5.11 Å². The minimum Gasteiger partial charge on any atom is -0.391 e. The first-order valence-corrected chi connectivity index (χ1v) is 8.81. The normalized spacial score (nSPS) is 15.8. The monoisotopic (exact) mass is 308 g/mol. The average Bonchev–Trinajstić information content (AvgIpc) is 3.06. The minimum atomic E-state index is 0.102. The summed E-state index contributed by atoms with van der Waals surface area (Å²) < 4.78 is 0. The van der Waals surface area contributed by atoms with E-state index < -0.39 is 0 Å². The molecular formula is C15H20N2OS2. The quantitative estimate of drug-likeness (QED) is 0.932. The smallest absolute Gasteiger partial charge is 0.185 e. The van der Waals surface area contributed by atoms with E-state index in [0.717, 1.165) is 34.4 Å². The number of aliphatic hydroxyl groups is 1. The Hall–Kier alpha value is -0.910. The van der Waals surface area contributed by atoms with E-state index in [0.29, 0.717) is 0 Å². The van der Waals surface area contributed by atoms with Crippen LogP contribution in [0.2, 0.25) is 0 Å². The summed E-state index contributed by atoms with van der Waals surface area (Å²) in [4.78, 5) is 9.53. The fourth-order valence-electron chi connectivity index (χ4n) is 2.75. The van der Waals surface area contributed by atoms with Crippen molar-refractivity contribution in [2.45, 2.75) is 39.7 Å². The molecule has 2 aromatic heterocycles. The first kappa shape index (κ1) is 14.0. The van der Waals surface area contributed by atoms with E-state index >= 15 is 0 Å². The van der Waals surface area contributed by atoms with Crippen LogP contribution in [0.3, 0.4) is 0 Å². The van der Waals surface area contributed by atoms with Crippen molar-refractivity contribution in [1.29, 1.82) is 0 Å². The van der Waals surface area contributed by atoms with E-state index in [1.165, 1.54) is 29.7 Å². The molecule has 0 aliphatic carbocycles. The van der Waals surface area contributed by atoms with Crippen molar-refractivity contribution >= 4 is 27.8 Å². The van der Waals surface area contributed by atoms with Gasteiger partial charge >= 0.3 is 0 Å². The van der Waals surface area contributed by atoms with Crippen LogP contribution in [0.1, 0.15) is 34.6 Å². The molecule has 5 heteroatoms. The van der Waals surface area contributed by atoms with Crippen molar-refractivity contribution in [2.24, 2.45) is 0 Å². The molecule has 0 atom stereocenters. The van der Waals surface area contributed by atoms with Gasteiger partial charge in [-0.1, -0.05) is 0 Å². The van der Waals surface area contributed by atoms with Crippen LogP contribution in [0.4, 0.5) is 5.13 Å². The van der Waals surface area contributed by atoms with Gasteiger partial charge in [0.05, 0.1) is 12.3 Å². The summed E-state index contributed by atoms with van der Waals surface area (Å²) in [5, 5.41) is 12.8. The van der Waals surface area contributed by atoms with Gasteiger partial charge in [0.2, 0.25) is 0 Å². The fourth-order valence-corrected chi connectivity index (χ4v) is 4.67. The number of hydrogen-bond donors (Lipinski definition) is 1. The van der Waals surface area contributed by atoms with Gasteiger partial charge in [0.25, 0.3) is 0 Å². The van der Waals surface area contributed by atoms with Gasteiger partial charge in [-0.25, -0.2) is 4.98 Å². The van der Waals surface area contributed by atoms with Crippen LogP contribution >= 0.6 is 22.7 Å². The second-order valence-electron chi connectivity index (χ2n) is 5.30. The fraction of sp³-hybridized carbons (Fsp3) is 0.533. The van der Waals surface area contributed by atoms with Gasteiger partial charge in [-0.2, -0.15) is 0 Å². The number of anilines is 1. The summed E-state index contributed by atoms with van der Waals surface area (Å²) in [6, 6.07) is 0. The number of aryl methyl sites for hydroxylation is 1. The molecule has 0 aromatic carbocycles. The molecule has 1 aliphatic rings. The molecule has 0 radical (unpaired) electrons. The molecule has 1 aliphatic heterocycles. The highest BCUT2D eigenvalue weighted by atomic mass is 32.1. The number of thiazole rings is 1. The van der Waals surface area contributed by atoms with E-state index in [1.54, 1.807) is 22.7 Å². The predicted octanol–water partition coefficient (Wildman–Crippen LogP) is 3.97. The molecule has 3 nitrogen and oxygen atoms in total. The summed E-state index contributed by atoms with van der Waals surface area (Å²) in [7, 11) is 0. The first-order chi connectivity index (χ1) is 9.70. The molecular weight excluding hydrogens is 288 g/mol. The van der Waals surface area contributed by atoms with Crippen molar-refractivity contribution in [3.8, 4) is 11.3 Å². The Balaban J connectivity index is 1.93. The van der Waals surface area contributed by atoms with E-state index in [-0.39, 0.29) is 6.61 Å². The lowest BCUT2D eigenvalue weighted by atomic mass is 10.1. The van der Waals surface area contributed by atoms with Crippen molar-refractivity contribution in [2.75, 3.05) is 18.0 Å². The maximum Gasteiger partial charge on any atom is 0.185 e. The van der Waals surface area contributed by atoms with E-state index in [4.69, 9.17) is 4.98 Å². The molecule has 1 saturated heterocycles. The van der Waals surface area contributed by atoms with Gasteiger partial charge in [0.1, 0.15) is 0 Å². The Labute approximate surface area is 127 Å². The molecule has 0 bridgehead atoms. The Bertz CT molecular complexity index is 597. The summed E-state index contributed by atoms with van der Waals surface area (Å²) in [5.74, 6) is 0. The molecule has 3 rings (SSSR count). The van der Waals surface area contributed by atoms with Gasteiger partial charge in [-0.05, 0) is 38.7 Å². The molecule has 108 valence electrons. The summed E-state index contributed by atoms with van der Waals surface area (Å²) in [6.45, 7) is 6.59. The van der Waals surface area contributed by atoms with Crippen molar-refractivity contribution < 1.29 is 5.11 Å². The zero-order valence-electron chi connectivity index (χ0n) is 12.0. The summed E-state index contributed by atoms with van der Waals surface area (Å²) in [6.07, 6.45) is 3.88. The summed E-state index contributed by atoms with van der Waals surface area (Å²) >= 11 is 3.41. The Morgan fingerprint density at radius 3 is 2.70 bits per heavy atom. The SMILES string of the molecule is Cc1sc(CO)c(-c2csc(N3CCCCC3)n2)c1C. The second-order valence-corrected chi connectivity index (χ2v) is 7.45. The average molecular weight is 308 g/mol. The van der Waals surface area contributed by atoms with Gasteiger partial charge in [0, 0.05) is 33.8 Å². The standard InChI is InChI=1S/C15H20N2OS2/c1-10-11(2)20-13(8-18)14(10)12-9-19-15(16-12)17-6-4-3-5-7-17/h9,18H,3-8H2,1-2H3. The number of aliphatic hydroxyl groups excluding tert-OH is 1. The molecule has 0 amide bonds. The van der Waals surface area contributed by atoms with Crippen LogP contribution in [-0.4, -0.2) is 23.2 Å². The topological polar surface area (TPSA) is 36.4 Å². The minimum absolute atomic E-state index is 0.102. The zero-order valence-corrected chi connectivity index (χ0v) is 13.6. The number of hydrogen-bond acceptors (Lipinski definition) is 5. The first-order valence-electron chi connectivity index (χ1n) is 7.11. The predicted molar refractivity (Wildman–Crippen MR) is 86.9 cm³/mol. The number of piperidine rings is 1. The molecule has 1 N–H and O–H groups in total. The van der Waals surface area contributed by atoms with Gasteiger partial charge < -0.3 is 10.0 Å². The maximum absolute atomic E-state index is 9.55. The summed E-state index contributed by atoms with van der Waals surface area (Å²) in [5.41, 5.74) is 3.44. The van der Waals surface area contributed by atoms with Gasteiger partial charge in [-0.3, -0.25) is 0 Å². The highest BCUT2D eigenvalue weighted by Crippen LogP contribution is 2.38. The number of aromatic nitrogens is 1. The van der Waals surface area contributed by atoms with E-state index in [2.05, 4.69) is 24.1 Å². The van der Waals surface area contributed by atoms with Crippen LogP contribution in [0, 0.1) is 13.8 Å². The van der Waals surface area contributed by atoms with Crippen LogP contribution in [0.5, 0.6) is 0 Å². The van der Waals surface area contributed by atoms with E-state index in [1.807, 2.05) is 0 Å². The Morgan fingerprint density at radius 1 is 1.25 bits per heavy atom. The lowest BCUT2D eigenvalue weighted by Crippen LogP contribution is -2.29. The zero-order chi connectivity index (χ0) is 14.1. The molecule has 20 heavy (non-hydrogen) atoms. The van der Waals surface area contributed by atoms with Crippen molar-refractivity contribution in [3.63, 3.8) is 0 Å². The lowest BCUT2D eigenvalue weighted by Gasteiger charge is -2.25. The third kappa shape index (κ3) is 2.50. The van der Waals surface area contributed by atoms with Gasteiger partial charge in [-0.15, -0.1) is 22.7 Å². The number of rotatable bonds is 3. The number of thiophene rings is 1. The lowest BCUT2D eigenvalue weighted by molar-refractivity contribution is 0.286. The highest BCUT2D eigenvalue weighted by Gasteiger charge is 2.19. The molecule has 3 heterocycles. The van der Waals surface area contributed by atoms with Crippen LogP contribution in [0.25, 0.3) is 11.3 Å². The third-order valence-corrected chi connectivity index (χ3v) is 6.07. The van der Waals surface area contributed by atoms with Crippen LogP contribution in [-0.2, 0) is 6.61 Å². The molecule has 2 aromatic rings. The molecule has 0 saturated carbocycles. The number of nitrogens with zero attached hydrogens (tertiary/aromatic N) is 2. The highest BCUT2D eigenvalue weighted by molar-refractivity contribution is 7.14. The molecule has 1 fully saturated rings. The van der Waals surface area contributed by atoms with Gasteiger partial charge in [0.15, 0.2) is 5.13 Å².